The molecular formula is C17H26O4S. The smallest absolute Gasteiger partial charge is 0.175 e. The molecule has 1 rings (SSSR count). The number of hydrogen-bond donors (Lipinski definition) is 1. The third-order valence-corrected chi connectivity index (χ3v) is 5.25. The van der Waals surface area contributed by atoms with E-state index in [0.29, 0.717) is 5.92 Å². The summed E-state index contributed by atoms with van der Waals surface area (Å²) < 4.78 is 23.0. The lowest BCUT2D eigenvalue weighted by Crippen LogP contribution is -2.15. The number of sulfone groups is 1. The molecule has 4 nitrogen and oxygen atoms in total. The van der Waals surface area contributed by atoms with Gasteiger partial charge in [-0.1, -0.05) is 25.5 Å². The van der Waals surface area contributed by atoms with Crippen LogP contribution < -0.4 is 0 Å². The highest BCUT2D eigenvalue weighted by Gasteiger charge is 2.21. The maximum absolute atomic E-state index is 12.0. The third-order valence-electron chi connectivity index (χ3n) is 4.12. The minimum absolute atomic E-state index is 0.0922. The van der Waals surface area contributed by atoms with Crippen molar-refractivity contribution < 1.29 is 18.3 Å². The fourth-order valence-corrected chi connectivity index (χ4v) is 3.32. The Balaban J connectivity index is 2.93. The molecule has 0 aliphatic rings. The minimum Gasteiger partial charge on any atom is -0.396 e. The molecule has 5 heteroatoms. The average molecular weight is 326 g/mol. The van der Waals surface area contributed by atoms with Crippen LogP contribution in [0.2, 0.25) is 0 Å². The van der Waals surface area contributed by atoms with Gasteiger partial charge in [-0.3, -0.25) is 4.79 Å². The topological polar surface area (TPSA) is 71.4 Å². The Kier molecular flexibility index (Phi) is 7.23. The molecule has 0 radical (unpaired) electrons. The van der Waals surface area contributed by atoms with E-state index in [4.69, 9.17) is 5.11 Å². The summed E-state index contributed by atoms with van der Waals surface area (Å²) in [5.74, 6) is 0.266. The van der Waals surface area contributed by atoms with Crippen LogP contribution in [0.25, 0.3) is 0 Å². The minimum atomic E-state index is -3.22. The molecule has 0 aliphatic carbocycles. The molecular weight excluding hydrogens is 300 g/mol. The van der Waals surface area contributed by atoms with Gasteiger partial charge in [0.1, 0.15) is 5.78 Å². The van der Waals surface area contributed by atoms with Gasteiger partial charge in [0, 0.05) is 18.8 Å². The molecule has 1 N–H and O–H groups in total. The zero-order chi connectivity index (χ0) is 16.8. The van der Waals surface area contributed by atoms with Crippen molar-refractivity contribution in [2.24, 2.45) is 5.92 Å². The van der Waals surface area contributed by atoms with Gasteiger partial charge in [0.05, 0.1) is 4.90 Å². The van der Waals surface area contributed by atoms with Crippen molar-refractivity contribution in [2.75, 3.05) is 12.9 Å². The summed E-state index contributed by atoms with van der Waals surface area (Å²) in [6, 6.07) is 6.60. The number of carbonyl (C=O) groups excluding carboxylic acids is 1. The van der Waals surface area contributed by atoms with Crippen molar-refractivity contribution in [1.82, 2.24) is 0 Å². The number of aliphatic hydroxyl groups is 1. The Morgan fingerprint density at radius 3 is 2.23 bits per heavy atom. The first-order chi connectivity index (χ1) is 10.3. The van der Waals surface area contributed by atoms with Gasteiger partial charge >= 0.3 is 0 Å². The van der Waals surface area contributed by atoms with Crippen LogP contribution in [0.1, 0.15) is 51.0 Å². The standard InChI is InChI=1S/C17H26O4S/c1-4-14(6-5-11-18)12-17(13(2)19)15-7-9-16(10-8-15)22(3,20)21/h7-10,14,17-18H,4-6,11-12H2,1-3H3/t14?,17-/m0/s1. The van der Waals surface area contributed by atoms with E-state index in [1.807, 2.05) is 0 Å². The summed E-state index contributed by atoms with van der Waals surface area (Å²) in [5, 5.41) is 8.95. The van der Waals surface area contributed by atoms with Crippen molar-refractivity contribution in [3.63, 3.8) is 0 Å². The molecule has 0 saturated carbocycles. The fraction of sp³-hybridized carbons (Fsp3) is 0.588. The van der Waals surface area contributed by atoms with Crippen LogP contribution >= 0.6 is 0 Å². The van der Waals surface area contributed by atoms with E-state index in [0.717, 1.165) is 31.2 Å². The monoisotopic (exact) mass is 326 g/mol. The molecule has 2 atom stereocenters. The Labute approximate surface area is 133 Å². The largest absolute Gasteiger partial charge is 0.396 e. The summed E-state index contributed by atoms with van der Waals surface area (Å²) in [6.07, 6.45) is 4.52. The third kappa shape index (κ3) is 5.54. The summed E-state index contributed by atoms with van der Waals surface area (Å²) in [5.41, 5.74) is 0.863. The van der Waals surface area contributed by atoms with Crippen molar-refractivity contribution >= 4 is 15.6 Å². The molecule has 1 aromatic rings. The molecule has 0 bridgehead atoms. The maximum atomic E-state index is 12.0. The second kappa shape index (κ2) is 8.44. The molecule has 0 aromatic heterocycles. The van der Waals surface area contributed by atoms with E-state index in [2.05, 4.69) is 6.92 Å². The molecule has 1 aromatic carbocycles. The lowest BCUT2D eigenvalue weighted by Gasteiger charge is -2.21. The highest BCUT2D eigenvalue weighted by atomic mass is 32.2. The van der Waals surface area contributed by atoms with Crippen LogP contribution in [0, 0.1) is 5.92 Å². The van der Waals surface area contributed by atoms with Crippen LogP contribution in [0.4, 0.5) is 0 Å². The lowest BCUT2D eigenvalue weighted by molar-refractivity contribution is -0.118. The number of Topliss-reactive ketones (excluding diaryl/α,β-unsaturated/α-hetero) is 1. The van der Waals surface area contributed by atoms with Crippen molar-refractivity contribution in [3.05, 3.63) is 29.8 Å². The van der Waals surface area contributed by atoms with Gasteiger partial charge in [-0.05, 0) is 49.8 Å². The highest BCUT2D eigenvalue weighted by molar-refractivity contribution is 7.90. The van der Waals surface area contributed by atoms with E-state index < -0.39 is 9.84 Å². The van der Waals surface area contributed by atoms with E-state index in [-0.39, 0.29) is 23.2 Å². The first kappa shape index (κ1) is 18.8. The first-order valence-corrected chi connectivity index (χ1v) is 9.60. The van der Waals surface area contributed by atoms with Crippen LogP contribution in [0.5, 0.6) is 0 Å². The molecule has 1 unspecified atom stereocenters. The Morgan fingerprint density at radius 2 is 1.82 bits per heavy atom. The Morgan fingerprint density at radius 1 is 1.23 bits per heavy atom. The van der Waals surface area contributed by atoms with E-state index >= 15 is 0 Å². The SMILES string of the molecule is CCC(CCCO)C[C@@H](C(C)=O)c1ccc(S(C)(=O)=O)cc1. The zero-order valence-electron chi connectivity index (χ0n) is 13.6. The summed E-state index contributed by atoms with van der Waals surface area (Å²) in [4.78, 5) is 12.3. The Bertz CT molecular complexity index is 575. The molecule has 0 spiro atoms. The lowest BCUT2D eigenvalue weighted by atomic mass is 9.83. The highest BCUT2D eigenvalue weighted by Crippen LogP contribution is 2.29. The molecule has 0 heterocycles. The number of rotatable bonds is 9. The van der Waals surface area contributed by atoms with Gasteiger partial charge in [0.25, 0.3) is 0 Å². The zero-order valence-corrected chi connectivity index (χ0v) is 14.4. The average Bonchev–Trinajstić information content (AvgIpc) is 2.46. The molecule has 0 aliphatic heterocycles. The quantitative estimate of drug-likeness (QED) is 0.757. The predicted molar refractivity (Wildman–Crippen MR) is 87.7 cm³/mol. The number of benzene rings is 1. The van der Waals surface area contributed by atoms with Gasteiger partial charge in [-0.15, -0.1) is 0 Å². The van der Waals surface area contributed by atoms with Gasteiger partial charge in [0.15, 0.2) is 9.84 Å². The second-order valence-electron chi connectivity index (χ2n) is 5.88. The van der Waals surface area contributed by atoms with E-state index in [9.17, 15) is 13.2 Å². The summed E-state index contributed by atoms with van der Waals surface area (Å²) in [6.45, 7) is 3.84. The molecule has 0 saturated heterocycles. The van der Waals surface area contributed by atoms with Gasteiger partial charge in [0.2, 0.25) is 0 Å². The normalized spacial score (nSPS) is 14.5. The summed E-state index contributed by atoms with van der Waals surface area (Å²) >= 11 is 0. The summed E-state index contributed by atoms with van der Waals surface area (Å²) in [7, 11) is -3.22. The Hall–Kier alpha value is -1.20. The number of ketones is 1. The molecule has 0 fully saturated rings. The predicted octanol–water partition coefficient (Wildman–Crippen LogP) is 2.95. The van der Waals surface area contributed by atoms with Crippen LogP contribution in [-0.4, -0.2) is 32.2 Å². The molecule has 0 amide bonds. The van der Waals surface area contributed by atoms with Gasteiger partial charge in [-0.2, -0.15) is 0 Å². The number of aliphatic hydroxyl groups excluding tert-OH is 1. The number of hydrogen-bond acceptors (Lipinski definition) is 4. The van der Waals surface area contributed by atoms with Crippen LogP contribution in [-0.2, 0) is 14.6 Å². The second-order valence-corrected chi connectivity index (χ2v) is 7.90. The van der Waals surface area contributed by atoms with Crippen LogP contribution in [0.15, 0.2) is 29.2 Å². The molecule has 124 valence electrons. The fourth-order valence-electron chi connectivity index (χ4n) is 2.69. The number of carbonyl (C=O) groups is 1. The van der Waals surface area contributed by atoms with Crippen molar-refractivity contribution in [1.29, 1.82) is 0 Å². The first-order valence-electron chi connectivity index (χ1n) is 7.70. The maximum Gasteiger partial charge on any atom is 0.175 e. The van der Waals surface area contributed by atoms with Crippen molar-refractivity contribution in [2.45, 2.75) is 50.3 Å². The van der Waals surface area contributed by atoms with E-state index in [1.54, 1.807) is 31.2 Å². The van der Waals surface area contributed by atoms with Crippen molar-refractivity contribution in [3.8, 4) is 0 Å². The van der Waals surface area contributed by atoms with Gasteiger partial charge < -0.3 is 5.11 Å². The van der Waals surface area contributed by atoms with E-state index in [1.165, 1.54) is 6.26 Å². The molecule has 22 heavy (non-hydrogen) atoms. The van der Waals surface area contributed by atoms with Crippen LogP contribution in [0.3, 0.4) is 0 Å². The van der Waals surface area contributed by atoms with Gasteiger partial charge in [-0.25, -0.2) is 8.42 Å².